The number of anilines is 1. The summed E-state index contributed by atoms with van der Waals surface area (Å²) in [5.41, 5.74) is 2.89. The molecule has 0 radical (unpaired) electrons. The first-order valence-corrected chi connectivity index (χ1v) is 10.2. The zero-order valence-corrected chi connectivity index (χ0v) is 16.8. The van der Waals surface area contributed by atoms with Crippen molar-refractivity contribution in [2.45, 2.75) is 12.3 Å². The number of carbonyl (C=O) groups excluding carboxylic acids is 1. The van der Waals surface area contributed by atoms with Gasteiger partial charge in [-0.3, -0.25) is 4.79 Å². The van der Waals surface area contributed by atoms with Crippen LogP contribution >= 0.6 is 0 Å². The quantitative estimate of drug-likeness (QED) is 0.658. The molecule has 1 saturated heterocycles. The van der Waals surface area contributed by atoms with Crippen LogP contribution in [0.2, 0.25) is 0 Å². The summed E-state index contributed by atoms with van der Waals surface area (Å²) in [7, 11) is 0. The van der Waals surface area contributed by atoms with Crippen molar-refractivity contribution < 1.29 is 4.79 Å². The van der Waals surface area contributed by atoms with Gasteiger partial charge < -0.3 is 9.80 Å². The van der Waals surface area contributed by atoms with Crippen LogP contribution in [0, 0.1) is 11.3 Å². The third-order valence-electron chi connectivity index (χ3n) is 5.62. The summed E-state index contributed by atoms with van der Waals surface area (Å²) in [6, 6.07) is 26.2. The third kappa shape index (κ3) is 4.33. The summed E-state index contributed by atoms with van der Waals surface area (Å²) in [6.45, 7) is 2.63. The van der Waals surface area contributed by atoms with Crippen molar-refractivity contribution in [2.75, 3.05) is 31.1 Å². The first kappa shape index (κ1) is 19.7. The number of piperazine rings is 1. The number of hydrogen-bond donors (Lipinski definition) is 0. The fourth-order valence-corrected chi connectivity index (χ4v) is 4.01. The molecule has 0 saturated carbocycles. The highest BCUT2D eigenvalue weighted by atomic mass is 16.2. The number of carbonyl (C=O) groups is 1. The second kappa shape index (κ2) is 9.23. The second-order valence-electron chi connectivity index (χ2n) is 7.43. The minimum absolute atomic E-state index is 0.0407. The molecule has 1 fully saturated rings. The van der Waals surface area contributed by atoms with E-state index >= 15 is 0 Å². The molecule has 1 aliphatic heterocycles. The van der Waals surface area contributed by atoms with E-state index in [1.54, 1.807) is 18.3 Å². The van der Waals surface area contributed by atoms with Crippen molar-refractivity contribution in [3.05, 3.63) is 95.7 Å². The standard InChI is InChI=1S/C25H24N4O/c26-19-22-12-7-13-27-25(22)29-16-14-28(15-17-29)24(30)18-23(20-8-3-1-4-9-20)21-10-5-2-6-11-21/h1-13,23H,14-18H2. The van der Waals surface area contributed by atoms with Crippen LogP contribution in [0.25, 0.3) is 0 Å². The average molecular weight is 396 g/mol. The van der Waals surface area contributed by atoms with Crippen molar-refractivity contribution in [3.8, 4) is 6.07 Å². The van der Waals surface area contributed by atoms with E-state index in [1.165, 1.54) is 0 Å². The summed E-state index contributed by atoms with van der Waals surface area (Å²) in [6.07, 6.45) is 2.15. The first-order valence-electron chi connectivity index (χ1n) is 10.2. The van der Waals surface area contributed by atoms with Gasteiger partial charge in [-0.15, -0.1) is 0 Å². The SMILES string of the molecule is N#Cc1cccnc1N1CCN(C(=O)CC(c2ccccc2)c2ccccc2)CC1. The molecule has 0 aliphatic carbocycles. The average Bonchev–Trinajstić information content (AvgIpc) is 2.83. The van der Waals surface area contributed by atoms with Gasteiger partial charge in [-0.2, -0.15) is 5.26 Å². The van der Waals surface area contributed by atoms with E-state index < -0.39 is 0 Å². The second-order valence-corrected chi connectivity index (χ2v) is 7.43. The van der Waals surface area contributed by atoms with E-state index in [0.29, 0.717) is 44.0 Å². The fourth-order valence-electron chi connectivity index (χ4n) is 4.01. The van der Waals surface area contributed by atoms with Crippen LogP contribution in [0.3, 0.4) is 0 Å². The Morgan fingerprint density at radius 2 is 1.50 bits per heavy atom. The molecule has 0 N–H and O–H groups in total. The molecule has 30 heavy (non-hydrogen) atoms. The van der Waals surface area contributed by atoms with Gasteiger partial charge >= 0.3 is 0 Å². The van der Waals surface area contributed by atoms with Crippen molar-refractivity contribution in [2.24, 2.45) is 0 Å². The molecule has 0 bridgehead atoms. The van der Waals surface area contributed by atoms with Crippen LogP contribution in [0.15, 0.2) is 79.0 Å². The maximum Gasteiger partial charge on any atom is 0.223 e. The van der Waals surface area contributed by atoms with Crippen molar-refractivity contribution in [1.29, 1.82) is 5.26 Å². The molecule has 150 valence electrons. The summed E-state index contributed by atoms with van der Waals surface area (Å²) >= 11 is 0. The van der Waals surface area contributed by atoms with E-state index in [-0.39, 0.29) is 11.8 Å². The smallest absolute Gasteiger partial charge is 0.223 e. The van der Waals surface area contributed by atoms with Crippen LogP contribution in [0.5, 0.6) is 0 Å². The number of nitrogens with zero attached hydrogens (tertiary/aromatic N) is 4. The molecule has 5 nitrogen and oxygen atoms in total. The van der Waals surface area contributed by atoms with E-state index in [1.807, 2.05) is 41.3 Å². The van der Waals surface area contributed by atoms with E-state index in [0.717, 1.165) is 11.1 Å². The molecule has 5 heteroatoms. The highest BCUT2D eigenvalue weighted by Gasteiger charge is 2.26. The Morgan fingerprint density at radius 3 is 2.07 bits per heavy atom. The van der Waals surface area contributed by atoms with Gasteiger partial charge in [0.15, 0.2) is 0 Å². The molecule has 0 spiro atoms. The minimum atomic E-state index is 0.0407. The number of benzene rings is 2. The van der Waals surface area contributed by atoms with Crippen LogP contribution in [0.1, 0.15) is 29.0 Å². The lowest BCUT2D eigenvalue weighted by Crippen LogP contribution is -2.49. The van der Waals surface area contributed by atoms with Gasteiger partial charge in [0.2, 0.25) is 5.91 Å². The molecule has 1 amide bonds. The number of amides is 1. The Kier molecular flexibility index (Phi) is 6.05. The Labute approximate surface area is 177 Å². The molecule has 2 heterocycles. The summed E-state index contributed by atoms with van der Waals surface area (Å²) in [5, 5.41) is 9.32. The molecule has 0 unspecified atom stereocenters. The predicted octanol–water partition coefficient (Wildman–Crippen LogP) is 3.82. The van der Waals surface area contributed by atoms with Crippen molar-refractivity contribution in [1.82, 2.24) is 9.88 Å². The molecule has 4 rings (SSSR count). The zero-order valence-electron chi connectivity index (χ0n) is 16.8. The van der Waals surface area contributed by atoms with Gasteiger partial charge in [-0.1, -0.05) is 60.7 Å². The first-order chi connectivity index (χ1) is 14.8. The Morgan fingerprint density at radius 1 is 0.900 bits per heavy atom. The lowest BCUT2D eigenvalue weighted by Gasteiger charge is -2.36. The number of nitriles is 1. The normalized spacial score (nSPS) is 13.9. The van der Waals surface area contributed by atoms with Gasteiger partial charge in [0.05, 0.1) is 5.56 Å². The topological polar surface area (TPSA) is 60.2 Å². The van der Waals surface area contributed by atoms with E-state index in [2.05, 4.69) is 40.2 Å². The number of hydrogen-bond acceptors (Lipinski definition) is 4. The van der Waals surface area contributed by atoms with E-state index in [9.17, 15) is 10.1 Å². The highest BCUT2D eigenvalue weighted by molar-refractivity contribution is 5.78. The summed E-state index contributed by atoms with van der Waals surface area (Å²) in [5.74, 6) is 0.909. The van der Waals surface area contributed by atoms with Crippen molar-refractivity contribution in [3.63, 3.8) is 0 Å². The molecular formula is C25H24N4O. The molecule has 2 aromatic carbocycles. The summed E-state index contributed by atoms with van der Waals surface area (Å²) in [4.78, 5) is 21.6. The molecule has 1 aliphatic rings. The Hall–Kier alpha value is -3.65. The Balaban J connectivity index is 1.45. The monoisotopic (exact) mass is 396 g/mol. The predicted molar refractivity (Wildman–Crippen MR) is 117 cm³/mol. The van der Waals surface area contributed by atoms with Crippen LogP contribution in [-0.2, 0) is 4.79 Å². The third-order valence-corrected chi connectivity index (χ3v) is 5.62. The largest absolute Gasteiger partial charge is 0.352 e. The van der Waals surface area contributed by atoms with Gasteiger partial charge in [0.1, 0.15) is 11.9 Å². The van der Waals surface area contributed by atoms with Gasteiger partial charge in [0.25, 0.3) is 0 Å². The highest BCUT2D eigenvalue weighted by Crippen LogP contribution is 2.29. The number of pyridine rings is 1. The maximum absolute atomic E-state index is 13.2. The van der Waals surface area contributed by atoms with Gasteiger partial charge in [0, 0.05) is 44.7 Å². The lowest BCUT2D eigenvalue weighted by molar-refractivity contribution is -0.131. The molecule has 0 atom stereocenters. The zero-order chi connectivity index (χ0) is 20.8. The lowest BCUT2D eigenvalue weighted by atomic mass is 9.88. The van der Waals surface area contributed by atoms with Crippen molar-refractivity contribution >= 4 is 11.7 Å². The van der Waals surface area contributed by atoms with E-state index in [4.69, 9.17) is 0 Å². The van der Waals surface area contributed by atoms with Gasteiger partial charge in [-0.05, 0) is 23.3 Å². The van der Waals surface area contributed by atoms with Gasteiger partial charge in [-0.25, -0.2) is 4.98 Å². The van der Waals surface area contributed by atoms with Crippen LogP contribution in [0.4, 0.5) is 5.82 Å². The van der Waals surface area contributed by atoms with Crippen LogP contribution < -0.4 is 4.90 Å². The summed E-state index contributed by atoms with van der Waals surface area (Å²) < 4.78 is 0. The minimum Gasteiger partial charge on any atom is -0.352 e. The fraction of sp³-hybridized carbons (Fsp3) is 0.240. The van der Waals surface area contributed by atoms with Crippen LogP contribution in [-0.4, -0.2) is 42.0 Å². The number of aromatic nitrogens is 1. The molecular weight excluding hydrogens is 372 g/mol. The number of rotatable bonds is 5. The molecule has 3 aromatic rings. The maximum atomic E-state index is 13.2. The molecule has 1 aromatic heterocycles. The Bertz CT molecular complexity index is 982.